The molecule has 13 heteroatoms. The number of rotatable bonds is 12. The van der Waals surface area contributed by atoms with Crippen molar-refractivity contribution in [3.05, 3.63) is 72.3 Å². The molecule has 0 fully saturated rings. The number of fused-ring (bicyclic) bond motifs is 1. The highest BCUT2D eigenvalue weighted by Crippen LogP contribution is 2.24. The molecular formula is C26H32N6O6S. The summed E-state index contributed by atoms with van der Waals surface area (Å²) < 4.78 is 39.2. The van der Waals surface area contributed by atoms with Gasteiger partial charge in [-0.25, -0.2) is 18.2 Å². The van der Waals surface area contributed by atoms with Gasteiger partial charge in [-0.1, -0.05) is 44.2 Å². The molecule has 0 aliphatic rings. The molecule has 0 saturated heterocycles. The van der Waals surface area contributed by atoms with Crippen LogP contribution in [0.1, 0.15) is 25.1 Å². The minimum Gasteiger partial charge on any atom is -0.443 e. The van der Waals surface area contributed by atoms with Gasteiger partial charge in [0.15, 0.2) is 5.58 Å². The summed E-state index contributed by atoms with van der Waals surface area (Å²) in [6.45, 7) is 3.58. The van der Waals surface area contributed by atoms with Gasteiger partial charge in [-0.15, -0.1) is 0 Å². The number of aromatic amines is 1. The van der Waals surface area contributed by atoms with Crippen LogP contribution in [0.2, 0.25) is 0 Å². The lowest BCUT2D eigenvalue weighted by Crippen LogP contribution is -2.51. The molecule has 0 unspecified atom stereocenters. The third-order valence-electron chi connectivity index (χ3n) is 5.95. The molecule has 2 aromatic heterocycles. The molecule has 2 atom stereocenters. The molecule has 0 radical (unpaired) electrons. The molecule has 4 aromatic rings. The smallest absolute Gasteiger partial charge is 0.407 e. The summed E-state index contributed by atoms with van der Waals surface area (Å²) >= 11 is 0. The number of sulfonamides is 1. The highest BCUT2D eigenvalue weighted by molar-refractivity contribution is 7.89. The Balaban J connectivity index is 1.55. The number of aliphatic hydroxyl groups excluding tert-OH is 1. The summed E-state index contributed by atoms with van der Waals surface area (Å²) in [5.74, 6) is -0.0449. The number of nitrogens with one attached hydrogen (secondary N) is 2. The summed E-state index contributed by atoms with van der Waals surface area (Å²) in [6, 6.07) is 12.7. The van der Waals surface area contributed by atoms with Crippen LogP contribution >= 0.6 is 0 Å². The van der Waals surface area contributed by atoms with Crippen LogP contribution in [0.15, 0.2) is 70.4 Å². The Hall–Kier alpha value is -3.94. The average molecular weight is 557 g/mol. The number of alkyl carbamates (subject to hydrolysis) is 1. The van der Waals surface area contributed by atoms with E-state index in [-0.39, 0.29) is 48.5 Å². The largest absolute Gasteiger partial charge is 0.443 e. The van der Waals surface area contributed by atoms with Crippen molar-refractivity contribution in [1.82, 2.24) is 24.6 Å². The molecule has 0 spiro atoms. The van der Waals surface area contributed by atoms with Crippen LogP contribution in [0, 0.1) is 5.92 Å². The van der Waals surface area contributed by atoms with Crippen molar-refractivity contribution in [2.45, 2.75) is 43.9 Å². The number of anilines is 1. The second-order valence-electron chi connectivity index (χ2n) is 9.56. The van der Waals surface area contributed by atoms with Gasteiger partial charge < -0.3 is 30.3 Å². The summed E-state index contributed by atoms with van der Waals surface area (Å²) in [4.78, 5) is 23.3. The van der Waals surface area contributed by atoms with Gasteiger partial charge in [-0.3, -0.25) is 0 Å². The first-order valence-corrected chi connectivity index (χ1v) is 13.8. The molecule has 2 heterocycles. The number of carbonyl (C=O) groups is 1. The fourth-order valence-electron chi connectivity index (χ4n) is 4.10. The first-order chi connectivity index (χ1) is 18.6. The lowest BCUT2D eigenvalue weighted by Gasteiger charge is -2.30. The molecule has 0 saturated carbocycles. The average Bonchev–Trinajstić information content (AvgIpc) is 3.55. The van der Waals surface area contributed by atoms with E-state index in [1.54, 1.807) is 0 Å². The topological polar surface area (TPSA) is 177 Å². The standard InChI is InChI=1S/C26H32N6O6S/c1-17(2)13-32(39(35,36)20-8-9-21-24(11-20)38-25(27)30-21)14-23(33)22(10-18-6-4-3-5-7-18)31-26(34)37-15-19-12-28-16-29-19/h3-9,11-12,16-17,22-23,33H,10,13-15H2,1-2H3,(H2,27,30)(H,28,29)(H,31,34)/t22-,23+/m0/s1. The molecule has 5 N–H and O–H groups in total. The third-order valence-corrected chi connectivity index (χ3v) is 7.78. The van der Waals surface area contributed by atoms with Gasteiger partial charge >= 0.3 is 6.09 Å². The molecule has 0 bridgehead atoms. The van der Waals surface area contributed by atoms with Crippen molar-refractivity contribution in [2.24, 2.45) is 5.92 Å². The zero-order valence-electron chi connectivity index (χ0n) is 21.6. The van der Waals surface area contributed by atoms with Crippen LogP contribution < -0.4 is 11.1 Å². The zero-order valence-corrected chi connectivity index (χ0v) is 22.5. The van der Waals surface area contributed by atoms with E-state index in [4.69, 9.17) is 14.9 Å². The predicted octanol–water partition coefficient (Wildman–Crippen LogP) is 2.68. The second-order valence-corrected chi connectivity index (χ2v) is 11.5. The molecule has 1 amide bonds. The second kappa shape index (κ2) is 12.3. The van der Waals surface area contributed by atoms with Crippen LogP contribution in [0.5, 0.6) is 0 Å². The highest BCUT2D eigenvalue weighted by Gasteiger charge is 2.32. The Morgan fingerprint density at radius 1 is 1.21 bits per heavy atom. The number of nitrogens with zero attached hydrogens (tertiary/aromatic N) is 3. The zero-order chi connectivity index (χ0) is 28.0. The maximum Gasteiger partial charge on any atom is 0.407 e. The van der Waals surface area contributed by atoms with Crippen LogP contribution in [-0.2, 0) is 27.8 Å². The number of nitrogen functional groups attached to an aromatic ring is 1. The molecule has 0 aliphatic carbocycles. The Labute approximate surface area is 226 Å². The number of aliphatic hydroxyl groups is 1. The van der Waals surface area contributed by atoms with E-state index >= 15 is 0 Å². The van der Waals surface area contributed by atoms with Gasteiger partial charge in [0.1, 0.15) is 12.1 Å². The van der Waals surface area contributed by atoms with Crippen LogP contribution in [0.25, 0.3) is 11.1 Å². The Morgan fingerprint density at radius 2 is 1.97 bits per heavy atom. The molecule has 2 aromatic carbocycles. The van der Waals surface area contributed by atoms with Gasteiger partial charge in [-0.2, -0.15) is 9.29 Å². The van der Waals surface area contributed by atoms with Crippen LogP contribution in [0.4, 0.5) is 10.8 Å². The van der Waals surface area contributed by atoms with E-state index in [0.29, 0.717) is 11.2 Å². The minimum absolute atomic E-state index is 0.0227. The molecular weight excluding hydrogens is 524 g/mol. The Kier molecular flexibility index (Phi) is 8.84. The maximum atomic E-state index is 13.7. The van der Waals surface area contributed by atoms with E-state index in [9.17, 15) is 18.3 Å². The molecule has 0 aliphatic heterocycles. The van der Waals surface area contributed by atoms with Crippen molar-refractivity contribution < 1.29 is 27.5 Å². The molecule has 4 rings (SSSR count). The van der Waals surface area contributed by atoms with Crippen LogP contribution in [0.3, 0.4) is 0 Å². The van der Waals surface area contributed by atoms with Gasteiger partial charge in [0.25, 0.3) is 6.01 Å². The first kappa shape index (κ1) is 28.1. The number of benzene rings is 2. The van der Waals surface area contributed by atoms with Crippen molar-refractivity contribution in [3.8, 4) is 0 Å². The molecule has 208 valence electrons. The molecule has 39 heavy (non-hydrogen) atoms. The number of ether oxygens (including phenoxy) is 1. The van der Waals surface area contributed by atoms with E-state index in [1.807, 2.05) is 44.2 Å². The predicted molar refractivity (Wildman–Crippen MR) is 144 cm³/mol. The van der Waals surface area contributed by atoms with Gasteiger partial charge in [0.2, 0.25) is 10.0 Å². The highest BCUT2D eigenvalue weighted by atomic mass is 32.2. The summed E-state index contributed by atoms with van der Waals surface area (Å²) in [5.41, 5.74) is 7.73. The van der Waals surface area contributed by atoms with Crippen molar-refractivity contribution in [3.63, 3.8) is 0 Å². The van der Waals surface area contributed by atoms with E-state index in [0.717, 1.165) is 5.56 Å². The number of hydrogen-bond donors (Lipinski definition) is 4. The van der Waals surface area contributed by atoms with Crippen molar-refractivity contribution >= 4 is 33.2 Å². The van der Waals surface area contributed by atoms with Gasteiger partial charge in [0, 0.05) is 19.2 Å². The third kappa shape index (κ3) is 7.34. The van der Waals surface area contributed by atoms with Crippen molar-refractivity contribution in [1.29, 1.82) is 0 Å². The lowest BCUT2D eigenvalue weighted by molar-refractivity contribution is 0.0870. The summed E-state index contributed by atoms with van der Waals surface area (Å²) in [6.07, 6.45) is 1.24. The number of imidazole rings is 1. The maximum absolute atomic E-state index is 13.7. The minimum atomic E-state index is -4.06. The fraction of sp³-hybridized carbons (Fsp3) is 0.346. The normalized spacial score (nSPS) is 13.6. The van der Waals surface area contributed by atoms with E-state index in [1.165, 1.54) is 35.0 Å². The quantitative estimate of drug-likeness (QED) is 0.204. The summed E-state index contributed by atoms with van der Waals surface area (Å²) in [5, 5.41) is 14.0. The SMILES string of the molecule is CC(C)CN(C[C@@H](O)[C@H](Cc1ccccc1)NC(=O)OCc1cnc[nH]1)S(=O)(=O)c1ccc2nc(N)oc2c1. The first-order valence-electron chi connectivity index (χ1n) is 12.4. The van der Waals surface area contributed by atoms with Crippen molar-refractivity contribution in [2.75, 3.05) is 18.8 Å². The number of H-pyrrole nitrogens is 1. The van der Waals surface area contributed by atoms with Crippen LogP contribution in [-0.4, -0.2) is 64.1 Å². The van der Waals surface area contributed by atoms with E-state index in [2.05, 4.69) is 20.3 Å². The number of carbonyl (C=O) groups excluding carboxylic acids is 1. The van der Waals surface area contributed by atoms with Gasteiger partial charge in [0.05, 0.1) is 35.3 Å². The lowest BCUT2D eigenvalue weighted by atomic mass is 10.0. The Morgan fingerprint density at radius 3 is 2.67 bits per heavy atom. The van der Waals surface area contributed by atoms with E-state index < -0.39 is 28.3 Å². The number of aromatic nitrogens is 3. The fourth-order valence-corrected chi connectivity index (χ4v) is 5.73. The number of nitrogens with two attached hydrogens (primary N) is 1. The summed E-state index contributed by atoms with van der Waals surface area (Å²) in [7, 11) is -4.06. The number of hydrogen-bond acceptors (Lipinski definition) is 9. The van der Waals surface area contributed by atoms with Gasteiger partial charge in [-0.05, 0) is 30.0 Å². The number of amides is 1. The monoisotopic (exact) mass is 556 g/mol. The Bertz CT molecular complexity index is 1470. The molecule has 12 nitrogen and oxygen atoms in total. The number of oxazole rings is 1.